The Labute approximate surface area is 133 Å². The molecular formula is C16H17N5O2. The van der Waals surface area contributed by atoms with Crippen LogP contribution in [0.15, 0.2) is 34.7 Å². The summed E-state index contributed by atoms with van der Waals surface area (Å²) in [7, 11) is 0. The van der Waals surface area contributed by atoms with Crippen LogP contribution in [-0.2, 0) is 11.3 Å². The Kier molecular flexibility index (Phi) is 3.92. The van der Waals surface area contributed by atoms with Crippen LogP contribution in [0.25, 0.3) is 11.6 Å². The first-order chi connectivity index (χ1) is 11.0. The van der Waals surface area contributed by atoms with Gasteiger partial charge in [0.1, 0.15) is 12.3 Å². The summed E-state index contributed by atoms with van der Waals surface area (Å²) in [4.78, 5) is 13.4. The van der Waals surface area contributed by atoms with Gasteiger partial charge in [0.25, 0.3) is 0 Å². The molecule has 7 nitrogen and oxygen atoms in total. The van der Waals surface area contributed by atoms with Gasteiger partial charge in [0.15, 0.2) is 5.76 Å². The molecule has 1 amide bonds. The van der Waals surface area contributed by atoms with Gasteiger partial charge in [-0.15, -0.1) is 10.2 Å². The Morgan fingerprint density at radius 1 is 1.22 bits per heavy atom. The van der Waals surface area contributed by atoms with Crippen LogP contribution in [-0.4, -0.2) is 26.1 Å². The Bertz CT molecular complexity index is 850. The predicted octanol–water partition coefficient (Wildman–Crippen LogP) is 2.50. The van der Waals surface area contributed by atoms with Crippen molar-refractivity contribution in [3.63, 3.8) is 0 Å². The van der Waals surface area contributed by atoms with Crippen molar-refractivity contribution < 1.29 is 9.21 Å². The number of hydrogen-bond acceptors (Lipinski definition) is 5. The summed E-state index contributed by atoms with van der Waals surface area (Å²) in [6, 6.07) is 9.37. The lowest BCUT2D eigenvalue weighted by molar-refractivity contribution is -0.117. The van der Waals surface area contributed by atoms with Crippen LogP contribution in [0.5, 0.6) is 0 Å². The van der Waals surface area contributed by atoms with Crippen molar-refractivity contribution in [3.05, 3.63) is 47.2 Å². The highest BCUT2D eigenvalue weighted by molar-refractivity contribution is 5.91. The van der Waals surface area contributed by atoms with Gasteiger partial charge < -0.3 is 9.73 Å². The van der Waals surface area contributed by atoms with Gasteiger partial charge in [-0.05, 0) is 55.3 Å². The molecule has 0 spiro atoms. The number of aromatic nitrogens is 4. The number of benzene rings is 1. The van der Waals surface area contributed by atoms with Crippen molar-refractivity contribution >= 4 is 11.6 Å². The summed E-state index contributed by atoms with van der Waals surface area (Å²) in [6.45, 7) is 5.79. The Morgan fingerprint density at radius 2 is 2.04 bits per heavy atom. The van der Waals surface area contributed by atoms with Gasteiger partial charge >= 0.3 is 0 Å². The van der Waals surface area contributed by atoms with Crippen molar-refractivity contribution in [1.82, 2.24) is 20.2 Å². The van der Waals surface area contributed by atoms with Crippen LogP contribution in [0.3, 0.4) is 0 Å². The van der Waals surface area contributed by atoms with E-state index in [2.05, 4.69) is 20.7 Å². The zero-order valence-electron chi connectivity index (χ0n) is 13.2. The number of carbonyl (C=O) groups is 1. The molecular weight excluding hydrogens is 294 g/mol. The maximum atomic E-state index is 12.1. The van der Waals surface area contributed by atoms with Crippen molar-refractivity contribution in [2.75, 3.05) is 5.32 Å². The largest absolute Gasteiger partial charge is 0.458 e. The van der Waals surface area contributed by atoms with Gasteiger partial charge in [0.05, 0.1) is 0 Å². The highest BCUT2D eigenvalue weighted by Gasteiger charge is 2.12. The van der Waals surface area contributed by atoms with E-state index in [-0.39, 0.29) is 12.5 Å². The van der Waals surface area contributed by atoms with Gasteiger partial charge in [0.2, 0.25) is 11.7 Å². The van der Waals surface area contributed by atoms with Gasteiger partial charge in [-0.3, -0.25) is 4.79 Å². The van der Waals surface area contributed by atoms with E-state index < -0.39 is 0 Å². The van der Waals surface area contributed by atoms with E-state index in [0.29, 0.717) is 11.6 Å². The van der Waals surface area contributed by atoms with Gasteiger partial charge in [-0.1, -0.05) is 12.1 Å². The molecule has 0 aliphatic rings. The van der Waals surface area contributed by atoms with E-state index in [1.165, 1.54) is 4.80 Å². The van der Waals surface area contributed by atoms with E-state index in [9.17, 15) is 4.79 Å². The van der Waals surface area contributed by atoms with E-state index in [1.54, 1.807) is 6.07 Å². The molecule has 0 aliphatic heterocycles. The van der Waals surface area contributed by atoms with Crippen molar-refractivity contribution in [2.24, 2.45) is 0 Å². The van der Waals surface area contributed by atoms with Crippen molar-refractivity contribution in [3.8, 4) is 11.6 Å². The van der Waals surface area contributed by atoms with Crippen LogP contribution >= 0.6 is 0 Å². The second-order valence-electron chi connectivity index (χ2n) is 5.35. The maximum Gasteiger partial charge on any atom is 0.248 e. The van der Waals surface area contributed by atoms with Gasteiger partial charge in [-0.25, -0.2) is 0 Å². The number of rotatable bonds is 4. The molecule has 2 aromatic heterocycles. The second kappa shape index (κ2) is 6.04. The average molecular weight is 311 g/mol. The molecule has 3 rings (SSSR count). The van der Waals surface area contributed by atoms with Crippen LogP contribution < -0.4 is 5.32 Å². The monoisotopic (exact) mass is 311 g/mol. The van der Waals surface area contributed by atoms with E-state index in [1.807, 2.05) is 45.0 Å². The molecule has 0 unspecified atom stereocenters. The summed E-state index contributed by atoms with van der Waals surface area (Å²) in [5, 5.41) is 14.8. The lowest BCUT2D eigenvalue weighted by Crippen LogP contribution is -2.21. The molecule has 2 heterocycles. The van der Waals surface area contributed by atoms with E-state index >= 15 is 0 Å². The minimum atomic E-state index is -0.210. The van der Waals surface area contributed by atoms with Crippen molar-refractivity contribution in [1.29, 1.82) is 0 Å². The van der Waals surface area contributed by atoms with Crippen molar-refractivity contribution in [2.45, 2.75) is 27.3 Å². The molecule has 0 radical (unpaired) electrons. The Morgan fingerprint density at radius 3 is 2.78 bits per heavy atom. The summed E-state index contributed by atoms with van der Waals surface area (Å²) in [6.07, 6.45) is 0. The Hall–Kier alpha value is -2.96. The highest BCUT2D eigenvalue weighted by atomic mass is 16.3. The van der Waals surface area contributed by atoms with Gasteiger partial charge in [0, 0.05) is 5.69 Å². The second-order valence-corrected chi connectivity index (χ2v) is 5.35. The lowest BCUT2D eigenvalue weighted by Gasteiger charge is -2.09. The molecule has 1 aromatic carbocycles. The SMILES string of the molecule is Cc1ccc(-c2nnn(CC(=O)Nc3cccc(C)c3C)n2)o1. The Balaban J connectivity index is 1.69. The fourth-order valence-corrected chi connectivity index (χ4v) is 2.17. The molecule has 0 aliphatic carbocycles. The fourth-order valence-electron chi connectivity index (χ4n) is 2.17. The molecule has 23 heavy (non-hydrogen) atoms. The third kappa shape index (κ3) is 3.28. The summed E-state index contributed by atoms with van der Waals surface area (Å²) >= 11 is 0. The van der Waals surface area contributed by atoms with Crippen LogP contribution in [0.2, 0.25) is 0 Å². The molecule has 0 saturated heterocycles. The third-order valence-corrected chi connectivity index (χ3v) is 3.58. The number of furan rings is 1. The number of amides is 1. The first kappa shape index (κ1) is 15.0. The lowest BCUT2D eigenvalue weighted by atomic mass is 10.1. The number of tetrazole rings is 1. The normalized spacial score (nSPS) is 10.7. The number of nitrogens with zero attached hydrogens (tertiary/aromatic N) is 4. The first-order valence-corrected chi connectivity index (χ1v) is 7.23. The molecule has 1 N–H and O–H groups in total. The van der Waals surface area contributed by atoms with Crippen LogP contribution in [0.1, 0.15) is 16.9 Å². The number of carbonyl (C=O) groups excluding carboxylic acids is 1. The smallest absolute Gasteiger partial charge is 0.248 e. The summed E-state index contributed by atoms with van der Waals surface area (Å²) < 4.78 is 5.43. The van der Waals surface area contributed by atoms with E-state index in [4.69, 9.17) is 4.42 Å². The number of nitrogens with one attached hydrogen (secondary N) is 1. The number of aryl methyl sites for hydroxylation is 2. The molecule has 0 fully saturated rings. The fraction of sp³-hybridized carbons (Fsp3) is 0.250. The average Bonchev–Trinajstić information content (AvgIpc) is 3.13. The predicted molar refractivity (Wildman–Crippen MR) is 84.8 cm³/mol. The number of hydrogen-bond donors (Lipinski definition) is 1. The minimum Gasteiger partial charge on any atom is -0.458 e. The first-order valence-electron chi connectivity index (χ1n) is 7.23. The molecule has 0 saturated carbocycles. The summed E-state index contributed by atoms with van der Waals surface area (Å²) in [5.74, 6) is 1.45. The molecule has 3 aromatic rings. The zero-order valence-corrected chi connectivity index (χ0v) is 13.2. The molecule has 118 valence electrons. The molecule has 7 heteroatoms. The van der Waals surface area contributed by atoms with Crippen LogP contribution in [0, 0.1) is 20.8 Å². The highest BCUT2D eigenvalue weighted by Crippen LogP contribution is 2.18. The molecule has 0 atom stereocenters. The standard InChI is InChI=1S/C16H17N5O2/c1-10-5-4-6-13(12(10)3)17-15(22)9-21-19-16(18-20-21)14-8-7-11(2)23-14/h4-8H,9H2,1-3H3,(H,17,22). The number of anilines is 1. The zero-order chi connectivity index (χ0) is 16.4. The van der Waals surface area contributed by atoms with Crippen LogP contribution in [0.4, 0.5) is 5.69 Å². The minimum absolute atomic E-state index is 0.0138. The third-order valence-electron chi connectivity index (χ3n) is 3.58. The maximum absolute atomic E-state index is 12.1. The molecule has 0 bridgehead atoms. The summed E-state index contributed by atoms with van der Waals surface area (Å²) in [5.41, 5.74) is 2.95. The van der Waals surface area contributed by atoms with E-state index in [0.717, 1.165) is 22.6 Å². The quantitative estimate of drug-likeness (QED) is 0.800. The topological polar surface area (TPSA) is 85.8 Å². The van der Waals surface area contributed by atoms with Gasteiger partial charge in [-0.2, -0.15) is 4.80 Å².